The van der Waals surface area contributed by atoms with Crippen LogP contribution in [0.15, 0.2) is 23.1 Å². The number of amides is 1. The maximum absolute atomic E-state index is 13.3. The lowest BCUT2D eigenvalue weighted by Crippen LogP contribution is -2.53. The average molecular weight is 434 g/mol. The third-order valence-corrected chi connectivity index (χ3v) is 7.35. The van der Waals surface area contributed by atoms with Gasteiger partial charge in [0.25, 0.3) is 0 Å². The van der Waals surface area contributed by atoms with E-state index in [2.05, 4.69) is 0 Å². The fourth-order valence-corrected chi connectivity index (χ4v) is 5.09. The van der Waals surface area contributed by atoms with Gasteiger partial charge in [-0.05, 0) is 24.6 Å². The summed E-state index contributed by atoms with van der Waals surface area (Å²) in [5.74, 6) is -0.610. The molecular weight excluding hydrogens is 409 g/mol. The van der Waals surface area contributed by atoms with Crippen LogP contribution in [0.25, 0.3) is 0 Å². The number of nitrogens with zero attached hydrogens (tertiary/aromatic N) is 3. The summed E-state index contributed by atoms with van der Waals surface area (Å²) in [6.07, 6.45) is 0.954. The Morgan fingerprint density at radius 1 is 1.25 bits per heavy atom. The zero-order chi connectivity index (χ0) is 20.3. The molecule has 10 heteroatoms. The van der Waals surface area contributed by atoms with Gasteiger partial charge in [0.15, 0.2) is 0 Å². The predicted octanol–water partition coefficient (Wildman–Crippen LogP) is 1.42. The summed E-state index contributed by atoms with van der Waals surface area (Å²) < 4.78 is 45.7. The second-order valence-electron chi connectivity index (χ2n) is 7.00. The minimum Gasteiger partial charge on any atom is -0.375 e. The van der Waals surface area contributed by atoms with E-state index in [4.69, 9.17) is 16.3 Å². The molecule has 0 bridgehead atoms. The van der Waals surface area contributed by atoms with Crippen LogP contribution < -0.4 is 0 Å². The number of hydrogen-bond donors (Lipinski definition) is 0. The molecule has 1 unspecified atom stereocenters. The molecule has 1 atom stereocenters. The summed E-state index contributed by atoms with van der Waals surface area (Å²) in [6, 6.07) is 3.40. The Morgan fingerprint density at radius 2 is 1.96 bits per heavy atom. The van der Waals surface area contributed by atoms with Crippen molar-refractivity contribution in [2.24, 2.45) is 0 Å². The first-order chi connectivity index (χ1) is 13.3. The van der Waals surface area contributed by atoms with Gasteiger partial charge in [-0.25, -0.2) is 12.8 Å². The van der Waals surface area contributed by atoms with E-state index in [1.54, 1.807) is 0 Å². The second kappa shape index (κ2) is 9.04. The van der Waals surface area contributed by atoms with Gasteiger partial charge >= 0.3 is 0 Å². The molecule has 2 saturated heterocycles. The number of morpholine rings is 1. The van der Waals surface area contributed by atoms with Crippen LogP contribution in [0.5, 0.6) is 0 Å². The lowest BCUT2D eigenvalue weighted by molar-refractivity contribution is -0.140. The Balaban J connectivity index is 1.55. The number of halogens is 2. The molecule has 0 aliphatic carbocycles. The van der Waals surface area contributed by atoms with Gasteiger partial charge in [0.2, 0.25) is 15.9 Å². The van der Waals surface area contributed by atoms with Crippen LogP contribution in [-0.4, -0.2) is 87.0 Å². The molecule has 0 N–H and O–H groups in total. The van der Waals surface area contributed by atoms with Crippen LogP contribution in [-0.2, 0) is 19.6 Å². The van der Waals surface area contributed by atoms with Crippen molar-refractivity contribution < 1.29 is 22.3 Å². The molecule has 1 aromatic carbocycles. The highest BCUT2D eigenvalue weighted by molar-refractivity contribution is 7.89. The zero-order valence-electron chi connectivity index (χ0n) is 15.8. The standard InChI is InChI=1S/C18H25ClFN3O4S/c1-2-14-12-22(9-10-27-14)18(24)13-21-5-7-23(8-6-21)28(25,26)15-3-4-17(20)16(19)11-15/h3-4,11,14H,2,5-10,12-13H2,1H3. The molecule has 156 valence electrons. The highest BCUT2D eigenvalue weighted by atomic mass is 35.5. The third kappa shape index (κ3) is 4.83. The van der Waals surface area contributed by atoms with Crippen molar-refractivity contribution in [1.29, 1.82) is 0 Å². The SMILES string of the molecule is CCC1CN(C(=O)CN2CCN(S(=O)(=O)c3ccc(F)c(Cl)c3)CC2)CCO1. The fraction of sp³-hybridized carbons (Fsp3) is 0.611. The molecule has 2 fully saturated rings. The van der Waals surface area contributed by atoms with Crippen LogP contribution in [0, 0.1) is 5.82 Å². The average Bonchev–Trinajstić information content (AvgIpc) is 2.70. The second-order valence-corrected chi connectivity index (χ2v) is 9.34. The normalized spacial score (nSPS) is 22.4. The lowest BCUT2D eigenvalue weighted by atomic mass is 10.2. The van der Waals surface area contributed by atoms with Crippen LogP contribution in [0.4, 0.5) is 4.39 Å². The maximum Gasteiger partial charge on any atom is 0.243 e. The minimum absolute atomic E-state index is 0.0256. The summed E-state index contributed by atoms with van der Waals surface area (Å²) in [7, 11) is -3.74. The number of hydrogen-bond acceptors (Lipinski definition) is 5. The van der Waals surface area contributed by atoms with E-state index >= 15 is 0 Å². The maximum atomic E-state index is 13.3. The van der Waals surface area contributed by atoms with E-state index in [1.165, 1.54) is 10.4 Å². The van der Waals surface area contributed by atoms with Gasteiger partial charge in [0.05, 0.1) is 29.2 Å². The Bertz CT molecular complexity index is 815. The number of rotatable bonds is 5. The van der Waals surface area contributed by atoms with Crippen LogP contribution in [0.1, 0.15) is 13.3 Å². The van der Waals surface area contributed by atoms with Crippen molar-refractivity contribution in [2.75, 3.05) is 52.4 Å². The lowest BCUT2D eigenvalue weighted by Gasteiger charge is -2.36. The Labute approximate surface area is 170 Å². The van der Waals surface area contributed by atoms with Gasteiger partial charge in [0, 0.05) is 39.3 Å². The largest absolute Gasteiger partial charge is 0.375 e. The zero-order valence-corrected chi connectivity index (χ0v) is 17.4. The quantitative estimate of drug-likeness (QED) is 0.702. The Hall–Kier alpha value is -1.26. The van der Waals surface area contributed by atoms with Gasteiger partial charge in [-0.2, -0.15) is 4.31 Å². The third-order valence-electron chi connectivity index (χ3n) is 5.17. The number of piperazine rings is 1. The molecule has 2 heterocycles. The fourth-order valence-electron chi connectivity index (χ4n) is 3.40. The Morgan fingerprint density at radius 3 is 2.61 bits per heavy atom. The van der Waals surface area contributed by atoms with Gasteiger partial charge in [-0.3, -0.25) is 9.69 Å². The number of benzene rings is 1. The van der Waals surface area contributed by atoms with Crippen LogP contribution in [0.2, 0.25) is 5.02 Å². The van der Waals surface area contributed by atoms with Crippen LogP contribution in [0.3, 0.4) is 0 Å². The van der Waals surface area contributed by atoms with E-state index in [1.807, 2.05) is 16.7 Å². The number of sulfonamides is 1. The number of carbonyl (C=O) groups is 1. The molecule has 2 aliphatic heterocycles. The first-order valence-electron chi connectivity index (χ1n) is 9.38. The first kappa shape index (κ1) is 21.4. The molecule has 1 aromatic rings. The van der Waals surface area contributed by atoms with Crippen molar-refractivity contribution in [1.82, 2.24) is 14.1 Å². The predicted molar refractivity (Wildman–Crippen MR) is 103 cm³/mol. The smallest absolute Gasteiger partial charge is 0.243 e. The highest BCUT2D eigenvalue weighted by Gasteiger charge is 2.31. The van der Waals surface area contributed by atoms with E-state index in [-0.39, 0.29) is 41.6 Å². The minimum atomic E-state index is -3.74. The molecule has 3 rings (SSSR count). The van der Waals surface area contributed by atoms with Crippen molar-refractivity contribution in [3.8, 4) is 0 Å². The van der Waals surface area contributed by atoms with E-state index < -0.39 is 15.8 Å². The Kier molecular flexibility index (Phi) is 6.93. The van der Waals surface area contributed by atoms with Crippen molar-refractivity contribution in [3.63, 3.8) is 0 Å². The molecule has 0 spiro atoms. The summed E-state index contributed by atoms with van der Waals surface area (Å²) >= 11 is 5.72. The van der Waals surface area contributed by atoms with Crippen molar-refractivity contribution in [2.45, 2.75) is 24.3 Å². The van der Waals surface area contributed by atoms with Gasteiger partial charge in [-0.15, -0.1) is 0 Å². The molecule has 7 nitrogen and oxygen atoms in total. The molecule has 28 heavy (non-hydrogen) atoms. The molecular formula is C18H25ClFN3O4S. The van der Waals surface area contributed by atoms with Crippen LogP contribution >= 0.6 is 11.6 Å². The molecule has 0 aromatic heterocycles. The molecule has 0 saturated carbocycles. The topological polar surface area (TPSA) is 70.2 Å². The van der Waals surface area contributed by atoms with Gasteiger partial charge in [0.1, 0.15) is 5.82 Å². The summed E-state index contributed by atoms with van der Waals surface area (Å²) in [5, 5.41) is -0.221. The summed E-state index contributed by atoms with van der Waals surface area (Å²) in [5.41, 5.74) is 0. The number of ether oxygens (including phenoxy) is 1. The number of carbonyl (C=O) groups excluding carboxylic acids is 1. The molecule has 0 radical (unpaired) electrons. The summed E-state index contributed by atoms with van der Waals surface area (Å²) in [4.78, 5) is 16.3. The molecule has 1 amide bonds. The van der Waals surface area contributed by atoms with Crippen molar-refractivity contribution in [3.05, 3.63) is 29.0 Å². The van der Waals surface area contributed by atoms with E-state index in [0.29, 0.717) is 32.8 Å². The van der Waals surface area contributed by atoms with E-state index in [0.717, 1.165) is 18.6 Å². The van der Waals surface area contributed by atoms with E-state index in [9.17, 15) is 17.6 Å². The first-order valence-corrected chi connectivity index (χ1v) is 11.2. The van der Waals surface area contributed by atoms with Gasteiger partial charge in [-0.1, -0.05) is 18.5 Å². The molecule has 2 aliphatic rings. The monoisotopic (exact) mass is 433 g/mol. The van der Waals surface area contributed by atoms with Crippen molar-refractivity contribution >= 4 is 27.5 Å². The summed E-state index contributed by atoms with van der Waals surface area (Å²) in [6.45, 7) is 5.51. The van der Waals surface area contributed by atoms with Gasteiger partial charge < -0.3 is 9.64 Å². The highest BCUT2D eigenvalue weighted by Crippen LogP contribution is 2.23.